The summed E-state index contributed by atoms with van der Waals surface area (Å²) >= 11 is 0. The summed E-state index contributed by atoms with van der Waals surface area (Å²) in [7, 11) is -3.76. The molecule has 0 N–H and O–H groups in total. The fourth-order valence-corrected chi connectivity index (χ4v) is 5.77. The number of hydrogen-bond donors (Lipinski definition) is 0. The van der Waals surface area contributed by atoms with Gasteiger partial charge in [0.25, 0.3) is 5.69 Å². The Labute approximate surface area is 164 Å². The van der Waals surface area contributed by atoms with Gasteiger partial charge in [-0.05, 0) is 48.3 Å². The Morgan fingerprint density at radius 3 is 2.29 bits per heavy atom. The molecule has 28 heavy (non-hydrogen) atoms. The highest BCUT2D eigenvalue weighted by atomic mass is 32.2. The van der Waals surface area contributed by atoms with Gasteiger partial charge in [-0.1, -0.05) is 42.5 Å². The van der Waals surface area contributed by atoms with Crippen LogP contribution in [0.1, 0.15) is 18.4 Å². The van der Waals surface area contributed by atoms with E-state index in [-0.39, 0.29) is 17.1 Å². The molecule has 0 spiro atoms. The molecule has 2 aliphatic carbocycles. The maximum Gasteiger partial charge on any atom is 0.269 e. The SMILES string of the molecule is O=[N+]([O-])c1ccc(S(=O)(=O)N(Cc2ccccc2)C[C@H]2C[C@H]3C=C[C@@H]2C3)cc1. The summed E-state index contributed by atoms with van der Waals surface area (Å²) in [5, 5.41) is 10.9. The third kappa shape index (κ3) is 3.72. The minimum Gasteiger partial charge on any atom is -0.258 e. The second-order valence-electron chi connectivity index (χ2n) is 7.57. The van der Waals surface area contributed by atoms with E-state index in [1.54, 1.807) is 0 Å². The first-order valence-corrected chi connectivity index (χ1v) is 10.8. The van der Waals surface area contributed by atoms with Crippen molar-refractivity contribution in [1.29, 1.82) is 0 Å². The molecule has 0 aliphatic heterocycles. The highest BCUT2D eigenvalue weighted by molar-refractivity contribution is 7.89. The topological polar surface area (TPSA) is 80.5 Å². The second kappa shape index (κ2) is 7.48. The minimum atomic E-state index is -3.76. The van der Waals surface area contributed by atoms with Crippen molar-refractivity contribution >= 4 is 15.7 Å². The molecule has 2 aliphatic rings. The van der Waals surface area contributed by atoms with Crippen LogP contribution in [0, 0.1) is 27.9 Å². The van der Waals surface area contributed by atoms with Gasteiger partial charge in [-0.2, -0.15) is 4.31 Å². The standard InChI is InChI=1S/C21H22N2O4S/c24-23(25)20-8-10-21(11-9-20)28(26,27)22(14-16-4-2-1-3-5-16)15-19-13-17-6-7-18(19)12-17/h1-11,17-19H,12-15H2/t17-,18+,19+/m0/s1. The van der Waals surface area contributed by atoms with Crippen LogP contribution in [0.4, 0.5) is 5.69 Å². The number of nitro benzene ring substituents is 1. The predicted octanol–water partition coefficient (Wildman–Crippen LogP) is 4.00. The fourth-order valence-electron chi connectivity index (χ4n) is 4.29. The number of non-ortho nitro benzene ring substituents is 1. The molecule has 1 fully saturated rings. The van der Waals surface area contributed by atoms with Crippen molar-refractivity contribution in [3.63, 3.8) is 0 Å². The van der Waals surface area contributed by atoms with Gasteiger partial charge < -0.3 is 0 Å². The van der Waals surface area contributed by atoms with Gasteiger partial charge in [0.05, 0.1) is 9.82 Å². The molecule has 0 heterocycles. The van der Waals surface area contributed by atoms with E-state index in [1.165, 1.54) is 28.6 Å². The normalized spacial score (nSPS) is 23.4. The third-order valence-electron chi connectivity index (χ3n) is 5.74. The average Bonchev–Trinajstić information content (AvgIpc) is 3.31. The monoisotopic (exact) mass is 398 g/mol. The van der Waals surface area contributed by atoms with Crippen LogP contribution < -0.4 is 0 Å². The van der Waals surface area contributed by atoms with Crippen LogP contribution in [0.25, 0.3) is 0 Å². The summed E-state index contributed by atoms with van der Waals surface area (Å²) in [6.45, 7) is 0.748. The molecule has 7 heteroatoms. The maximum absolute atomic E-state index is 13.3. The number of hydrogen-bond acceptors (Lipinski definition) is 4. The molecule has 2 bridgehead atoms. The Kier molecular flexibility index (Phi) is 5.03. The molecule has 146 valence electrons. The Bertz CT molecular complexity index is 987. The number of nitrogens with zero attached hydrogens (tertiary/aromatic N) is 2. The lowest BCUT2D eigenvalue weighted by molar-refractivity contribution is -0.384. The molecule has 0 amide bonds. The van der Waals surface area contributed by atoms with Crippen molar-refractivity contribution in [2.24, 2.45) is 17.8 Å². The summed E-state index contributed by atoms with van der Waals surface area (Å²) in [5.74, 6) is 1.32. The molecule has 1 saturated carbocycles. The van der Waals surface area contributed by atoms with Crippen molar-refractivity contribution in [3.05, 3.63) is 82.4 Å². The smallest absolute Gasteiger partial charge is 0.258 e. The van der Waals surface area contributed by atoms with Crippen LogP contribution in [0.15, 0.2) is 71.6 Å². The van der Waals surface area contributed by atoms with E-state index in [9.17, 15) is 18.5 Å². The first-order chi connectivity index (χ1) is 13.4. The van der Waals surface area contributed by atoms with Crippen molar-refractivity contribution < 1.29 is 13.3 Å². The Morgan fingerprint density at radius 2 is 1.71 bits per heavy atom. The van der Waals surface area contributed by atoms with Gasteiger partial charge >= 0.3 is 0 Å². The lowest BCUT2D eigenvalue weighted by atomic mass is 9.93. The van der Waals surface area contributed by atoms with E-state index in [4.69, 9.17) is 0 Å². The lowest BCUT2D eigenvalue weighted by Crippen LogP contribution is -2.36. The van der Waals surface area contributed by atoms with Crippen LogP contribution in [-0.2, 0) is 16.6 Å². The summed E-state index contributed by atoms with van der Waals surface area (Å²) < 4.78 is 28.2. The summed E-state index contributed by atoms with van der Waals surface area (Å²) in [6, 6.07) is 14.7. The van der Waals surface area contributed by atoms with E-state index in [0.29, 0.717) is 24.3 Å². The van der Waals surface area contributed by atoms with Crippen molar-refractivity contribution in [2.45, 2.75) is 24.3 Å². The molecule has 0 saturated heterocycles. The van der Waals surface area contributed by atoms with E-state index in [2.05, 4.69) is 12.2 Å². The van der Waals surface area contributed by atoms with Crippen LogP contribution in [0.3, 0.4) is 0 Å². The van der Waals surface area contributed by atoms with Gasteiger partial charge in [0.2, 0.25) is 10.0 Å². The maximum atomic E-state index is 13.3. The summed E-state index contributed by atoms with van der Waals surface area (Å²) in [4.78, 5) is 10.4. The van der Waals surface area contributed by atoms with Gasteiger partial charge in [0.15, 0.2) is 0 Å². The molecule has 0 radical (unpaired) electrons. The minimum absolute atomic E-state index is 0.0905. The zero-order valence-electron chi connectivity index (χ0n) is 15.3. The molecule has 2 aromatic rings. The van der Waals surface area contributed by atoms with Crippen molar-refractivity contribution in [3.8, 4) is 0 Å². The third-order valence-corrected chi connectivity index (χ3v) is 7.57. The highest BCUT2D eigenvalue weighted by Crippen LogP contribution is 2.44. The Balaban J connectivity index is 1.62. The van der Waals surface area contributed by atoms with E-state index in [0.717, 1.165) is 18.4 Å². The number of fused-ring (bicyclic) bond motifs is 2. The largest absolute Gasteiger partial charge is 0.269 e. The molecule has 0 unspecified atom stereocenters. The van der Waals surface area contributed by atoms with E-state index < -0.39 is 14.9 Å². The van der Waals surface area contributed by atoms with Crippen LogP contribution in [-0.4, -0.2) is 24.2 Å². The van der Waals surface area contributed by atoms with Crippen LogP contribution >= 0.6 is 0 Å². The molecule has 2 aromatic carbocycles. The predicted molar refractivity (Wildman–Crippen MR) is 106 cm³/mol. The first-order valence-electron chi connectivity index (χ1n) is 9.40. The number of benzene rings is 2. The summed E-state index contributed by atoms with van der Waals surface area (Å²) in [6.07, 6.45) is 6.59. The molecular formula is C21H22N2O4S. The van der Waals surface area contributed by atoms with Gasteiger partial charge in [-0.15, -0.1) is 0 Å². The number of nitro groups is 1. The van der Waals surface area contributed by atoms with Gasteiger partial charge in [-0.3, -0.25) is 10.1 Å². The fraction of sp³-hybridized carbons (Fsp3) is 0.333. The highest BCUT2D eigenvalue weighted by Gasteiger charge is 2.38. The zero-order chi connectivity index (χ0) is 19.7. The van der Waals surface area contributed by atoms with Gasteiger partial charge in [0, 0.05) is 25.2 Å². The molecule has 0 aromatic heterocycles. The first kappa shape index (κ1) is 18.8. The van der Waals surface area contributed by atoms with Gasteiger partial charge in [-0.25, -0.2) is 8.42 Å². The lowest BCUT2D eigenvalue weighted by Gasteiger charge is -2.28. The van der Waals surface area contributed by atoms with Crippen molar-refractivity contribution in [2.75, 3.05) is 6.54 Å². The average molecular weight is 398 g/mol. The van der Waals surface area contributed by atoms with E-state index in [1.807, 2.05) is 30.3 Å². The number of rotatable bonds is 7. The van der Waals surface area contributed by atoms with E-state index >= 15 is 0 Å². The Morgan fingerprint density at radius 1 is 1.00 bits per heavy atom. The molecular weight excluding hydrogens is 376 g/mol. The summed E-state index contributed by atoms with van der Waals surface area (Å²) in [5.41, 5.74) is 0.804. The Hall–Kier alpha value is -2.51. The van der Waals surface area contributed by atoms with Crippen LogP contribution in [0.2, 0.25) is 0 Å². The number of sulfonamides is 1. The quantitative estimate of drug-likeness (QED) is 0.401. The van der Waals surface area contributed by atoms with Crippen LogP contribution in [0.5, 0.6) is 0 Å². The zero-order valence-corrected chi connectivity index (χ0v) is 16.2. The molecule has 4 rings (SSSR count). The number of allylic oxidation sites excluding steroid dienone is 2. The van der Waals surface area contributed by atoms with Gasteiger partial charge in [0.1, 0.15) is 0 Å². The second-order valence-corrected chi connectivity index (χ2v) is 9.51. The molecule has 6 nitrogen and oxygen atoms in total. The molecule has 3 atom stereocenters. The van der Waals surface area contributed by atoms with Crippen molar-refractivity contribution in [1.82, 2.24) is 4.31 Å².